The predicted octanol–water partition coefficient (Wildman–Crippen LogP) is 1.22. The molecule has 2 rings (SSSR count). The summed E-state index contributed by atoms with van der Waals surface area (Å²) in [7, 11) is 0. The highest BCUT2D eigenvalue weighted by molar-refractivity contribution is 7.99. The topological polar surface area (TPSA) is 78.2 Å². The third-order valence-corrected chi connectivity index (χ3v) is 2.39. The smallest absolute Gasteiger partial charge is 0.189 e. The fraction of sp³-hybridized carbons (Fsp3) is 0. The van der Waals surface area contributed by atoms with Gasteiger partial charge in [0.25, 0.3) is 0 Å². The van der Waals surface area contributed by atoms with Crippen LogP contribution in [0.2, 0.25) is 0 Å². The quantitative estimate of drug-likeness (QED) is 0.794. The van der Waals surface area contributed by atoms with Crippen LogP contribution in [-0.2, 0) is 0 Å². The second-order valence-corrected chi connectivity index (χ2v) is 3.34. The Balaban J connectivity index is 2.30. The van der Waals surface area contributed by atoms with Gasteiger partial charge in [0.2, 0.25) is 0 Å². The molecule has 6 heteroatoms. The minimum absolute atomic E-state index is 0.536. The molecule has 5 nitrogen and oxygen atoms in total. The number of hydrogen-bond acceptors (Lipinski definition) is 5. The Morgan fingerprint density at radius 2 is 2.36 bits per heavy atom. The number of rotatable bonds is 2. The molecule has 0 fully saturated rings. The molecule has 0 spiro atoms. The molecule has 0 aliphatic heterocycles. The molecule has 0 aliphatic carbocycles. The van der Waals surface area contributed by atoms with E-state index in [-0.39, 0.29) is 0 Å². The summed E-state index contributed by atoms with van der Waals surface area (Å²) < 4.78 is 0. The highest BCUT2D eigenvalue weighted by Gasteiger charge is 2.05. The minimum atomic E-state index is 0.536. The summed E-state index contributed by atoms with van der Waals surface area (Å²) in [6.45, 7) is 0. The van der Waals surface area contributed by atoms with Gasteiger partial charge in [-0.05, 0) is 23.9 Å². The van der Waals surface area contributed by atoms with Crippen LogP contribution in [0.3, 0.4) is 0 Å². The zero-order valence-corrected chi connectivity index (χ0v) is 7.82. The highest BCUT2D eigenvalue weighted by atomic mass is 32.2. The van der Waals surface area contributed by atoms with Crippen LogP contribution < -0.4 is 0 Å². The SMILES string of the molecule is N#Cc1cccnc1Sc1ncn[nH]1. The number of pyridine rings is 1. The third kappa shape index (κ3) is 1.72. The first-order chi connectivity index (χ1) is 6.90. The number of nitrogens with one attached hydrogen (secondary N) is 1. The highest BCUT2D eigenvalue weighted by Crippen LogP contribution is 2.24. The first kappa shape index (κ1) is 8.72. The van der Waals surface area contributed by atoms with Crippen molar-refractivity contribution in [3.63, 3.8) is 0 Å². The van der Waals surface area contributed by atoms with Crippen LogP contribution in [0, 0.1) is 11.3 Å². The molecule has 2 aromatic heterocycles. The number of hydrogen-bond donors (Lipinski definition) is 1. The van der Waals surface area contributed by atoms with E-state index in [2.05, 4.69) is 26.2 Å². The monoisotopic (exact) mass is 203 g/mol. The van der Waals surface area contributed by atoms with E-state index in [4.69, 9.17) is 5.26 Å². The molecule has 0 radical (unpaired) electrons. The van der Waals surface area contributed by atoms with E-state index in [1.807, 2.05) is 0 Å². The van der Waals surface area contributed by atoms with Crippen LogP contribution >= 0.6 is 11.8 Å². The van der Waals surface area contributed by atoms with Crippen LogP contribution in [0.1, 0.15) is 5.56 Å². The van der Waals surface area contributed by atoms with Crippen molar-refractivity contribution in [2.24, 2.45) is 0 Å². The van der Waals surface area contributed by atoms with Gasteiger partial charge in [0, 0.05) is 6.20 Å². The maximum Gasteiger partial charge on any atom is 0.189 e. The molecule has 2 aromatic rings. The van der Waals surface area contributed by atoms with Gasteiger partial charge in [0.15, 0.2) is 5.16 Å². The second kappa shape index (κ2) is 3.89. The summed E-state index contributed by atoms with van der Waals surface area (Å²) >= 11 is 1.28. The fourth-order valence-electron chi connectivity index (χ4n) is 0.892. The Bertz CT molecular complexity index is 459. The number of H-pyrrole nitrogens is 1. The Morgan fingerprint density at radius 3 is 3.07 bits per heavy atom. The number of nitrogens with zero attached hydrogens (tertiary/aromatic N) is 4. The third-order valence-electron chi connectivity index (χ3n) is 1.48. The van der Waals surface area contributed by atoms with Crippen molar-refractivity contribution in [2.45, 2.75) is 10.2 Å². The molecule has 0 saturated heterocycles. The lowest BCUT2D eigenvalue weighted by Crippen LogP contribution is -1.86. The molecule has 0 amide bonds. The summed E-state index contributed by atoms with van der Waals surface area (Å²) in [4.78, 5) is 8.01. The van der Waals surface area contributed by atoms with Gasteiger partial charge in [-0.2, -0.15) is 10.4 Å². The first-order valence-corrected chi connectivity index (χ1v) is 4.60. The summed E-state index contributed by atoms with van der Waals surface area (Å²) in [6, 6.07) is 5.50. The lowest BCUT2D eigenvalue weighted by Gasteiger charge is -1.97. The maximum atomic E-state index is 8.80. The van der Waals surface area contributed by atoms with Gasteiger partial charge in [-0.1, -0.05) is 0 Å². The molecule has 0 aliphatic rings. The van der Waals surface area contributed by atoms with E-state index in [0.29, 0.717) is 15.7 Å². The lowest BCUT2D eigenvalue weighted by molar-refractivity contribution is 0.966. The Hall–Kier alpha value is -1.87. The Morgan fingerprint density at radius 1 is 1.43 bits per heavy atom. The van der Waals surface area contributed by atoms with Crippen molar-refractivity contribution >= 4 is 11.8 Å². The van der Waals surface area contributed by atoms with Gasteiger partial charge >= 0.3 is 0 Å². The molecule has 14 heavy (non-hydrogen) atoms. The molecule has 0 atom stereocenters. The van der Waals surface area contributed by atoms with Crippen LogP contribution in [0.25, 0.3) is 0 Å². The van der Waals surface area contributed by atoms with Gasteiger partial charge in [0.05, 0.1) is 5.56 Å². The molecule has 0 saturated carbocycles. The van der Waals surface area contributed by atoms with E-state index >= 15 is 0 Å². The van der Waals surface area contributed by atoms with E-state index in [1.165, 1.54) is 18.1 Å². The van der Waals surface area contributed by atoms with Gasteiger partial charge in [-0.25, -0.2) is 9.97 Å². The first-order valence-electron chi connectivity index (χ1n) is 3.78. The summed E-state index contributed by atoms with van der Waals surface area (Å²) in [5.41, 5.74) is 0.536. The fourth-order valence-corrected chi connectivity index (χ4v) is 1.61. The van der Waals surface area contributed by atoms with Gasteiger partial charge in [-0.15, -0.1) is 0 Å². The molecule has 0 unspecified atom stereocenters. The van der Waals surface area contributed by atoms with Crippen LogP contribution in [0.5, 0.6) is 0 Å². The maximum absolute atomic E-state index is 8.80. The van der Waals surface area contributed by atoms with Crippen molar-refractivity contribution < 1.29 is 0 Å². The molecular weight excluding hydrogens is 198 g/mol. The Labute approximate surface area is 84.2 Å². The van der Waals surface area contributed by atoms with E-state index in [1.54, 1.807) is 18.3 Å². The average Bonchev–Trinajstić information content (AvgIpc) is 2.71. The summed E-state index contributed by atoms with van der Waals surface area (Å²) in [5.74, 6) is 0. The predicted molar refractivity (Wildman–Crippen MR) is 49.5 cm³/mol. The van der Waals surface area contributed by atoms with Crippen molar-refractivity contribution in [2.75, 3.05) is 0 Å². The lowest BCUT2D eigenvalue weighted by atomic mass is 10.3. The number of nitriles is 1. The molecule has 2 heterocycles. The Kier molecular flexibility index (Phi) is 2.42. The van der Waals surface area contributed by atoms with Crippen LogP contribution in [0.4, 0.5) is 0 Å². The van der Waals surface area contributed by atoms with Gasteiger partial charge in [-0.3, -0.25) is 5.10 Å². The largest absolute Gasteiger partial charge is 0.254 e. The summed E-state index contributed by atoms with van der Waals surface area (Å²) in [6.07, 6.45) is 3.05. The second-order valence-electron chi connectivity index (χ2n) is 2.36. The van der Waals surface area contributed by atoms with Crippen LogP contribution in [-0.4, -0.2) is 20.2 Å². The molecule has 0 aromatic carbocycles. The van der Waals surface area contributed by atoms with Gasteiger partial charge < -0.3 is 0 Å². The molecular formula is C8H5N5S. The van der Waals surface area contributed by atoms with Crippen molar-refractivity contribution in [1.82, 2.24) is 20.2 Å². The molecule has 0 bridgehead atoms. The average molecular weight is 203 g/mol. The molecule has 1 N–H and O–H groups in total. The van der Waals surface area contributed by atoms with E-state index < -0.39 is 0 Å². The normalized spacial score (nSPS) is 9.64. The van der Waals surface area contributed by atoms with Gasteiger partial charge in [0.1, 0.15) is 17.4 Å². The summed E-state index contributed by atoms with van der Waals surface area (Å²) in [5, 5.41) is 16.4. The van der Waals surface area contributed by atoms with E-state index in [9.17, 15) is 0 Å². The number of aromatic amines is 1. The van der Waals surface area contributed by atoms with Crippen molar-refractivity contribution in [3.05, 3.63) is 30.2 Å². The van der Waals surface area contributed by atoms with Crippen molar-refractivity contribution in [1.29, 1.82) is 5.26 Å². The van der Waals surface area contributed by atoms with E-state index in [0.717, 1.165) is 0 Å². The zero-order valence-electron chi connectivity index (χ0n) is 7.01. The number of aromatic nitrogens is 4. The molecule has 68 valence electrons. The van der Waals surface area contributed by atoms with Crippen LogP contribution in [0.15, 0.2) is 34.8 Å². The minimum Gasteiger partial charge on any atom is -0.254 e. The van der Waals surface area contributed by atoms with Crippen molar-refractivity contribution in [3.8, 4) is 6.07 Å². The standard InChI is InChI=1S/C8H5N5S/c9-4-6-2-1-3-10-7(6)14-8-11-5-12-13-8/h1-3,5H,(H,11,12,13). The zero-order chi connectivity index (χ0) is 9.80.